The lowest BCUT2D eigenvalue weighted by Gasteiger charge is -2.19. The van der Waals surface area contributed by atoms with Gasteiger partial charge in [0.2, 0.25) is 0 Å². The van der Waals surface area contributed by atoms with E-state index in [4.69, 9.17) is 0 Å². The van der Waals surface area contributed by atoms with E-state index in [0.29, 0.717) is 6.04 Å². The molecule has 1 N–H and O–H groups in total. The van der Waals surface area contributed by atoms with Crippen molar-refractivity contribution in [2.45, 2.75) is 65.6 Å². The maximum absolute atomic E-state index is 12.3. The van der Waals surface area contributed by atoms with Crippen molar-refractivity contribution in [1.29, 1.82) is 0 Å². The van der Waals surface area contributed by atoms with E-state index in [-0.39, 0.29) is 18.2 Å². The number of aromatic nitrogens is 2. The van der Waals surface area contributed by atoms with Crippen molar-refractivity contribution in [2.24, 2.45) is 0 Å². The lowest BCUT2D eigenvalue weighted by molar-refractivity contribution is -0.134. The van der Waals surface area contributed by atoms with Gasteiger partial charge in [-0.05, 0) is 25.3 Å². The first-order chi connectivity index (χ1) is 9.60. The zero-order valence-corrected chi connectivity index (χ0v) is 13.3. The second-order valence-electron chi connectivity index (χ2n) is 5.80. The van der Waals surface area contributed by atoms with E-state index in [1.165, 1.54) is 0 Å². The number of nitrogens with zero attached hydrogens (tertiary/aromatic N) is 2. The molecule has 21 heavy (non-hydrogen) atoms. The van der Waals surface area contributed by atoms with Gasteiger partial charge in [-0.3, -0.25) is 0 Å². The molecule has 0 amide bonds. The van der Waals surface area contributed by atoms with Crippen LogP contribution < -0.4 is 5.32 Å². The SMILES string of the molecule is Cc1nc(CCC(F)(F)F)nc(C)c1C(C)CNC(C)C. The molecule has 1 aromatic rings. The largest absolute Gasteiger partial charge is 0.389 e. The Labute approximate surface area is 124 Å². The van der Waals surface area contributed by atoms with E-state index in [1.807, 2.05) is 13.8 Å². The summed E-state index contributed by atoms with van der Waals surface area (Å²) in [5, 5.41) is 3.35. The van der Waals surface area contributed by atoms with Gasteiger partial charge >= 0.3 is 6.18 Å². The summed E-state index contributed by atoms with van der Waals surface area (Å²) in [4.78, 5) is 8.49. The van der Waals surface area contributed by atoms with Gasteiger partial charge < -0.3 is 5.32 Å². The van der Waals surface area contributed by atoms with Crippen LogP contribution in [0.2, 0.25) is 0 Å². The molecule has 1 rings (SSSR count). The first-order valence-electron chi connectivity index (χ1n) is 7.24. The molecule has 1 aromatic heterocycles. The van der Waals surface area contributed by atoms with Gasteiger partial charge in [0.05, 0.1) is 6.42 Å². The Bertz CT molecular complexity index is 447. The summed E-state index contributed by atoms with van der Waals surface area (Å²) in [7, 11) is 0. The molecule has 0 bridgehead atoms. The van der Waals surface area contributed by atoms with E-state index >= 15 is 0 Å². The van der Waals surface area contributed by atoms with Crippen molar-refractivity contribution in [3.63, 3.8) is 0 Å². The molecule has 0 fully saturated rings. The molecule has 3 nitrogen and oxygen atoms in total. The number of aryl methyl sites for hydroxylation is 3. The Morgan fingerprint density at radius 1 is 1.05 bits per heavy atom. The van der Waals surface area contributed by atoms with Gasteiger partial charge in [0, 0.05) is 30.4 Å². The van der Waals surface area contributed by atoms with Crippen LogP contribution in [0.4, 0.5) is 13.2 Å². The number of rotatable bonds is 6. The topological polar surface area (TPSA) is 37.8 Å². The quantitative estimate of drug-likeness (QED) is 0.871. The minimum atomic E-state index is -4.17. The highest BCUT2D eigenvalue weighted by atomic mass is 19.4. The van der Waals surface area contributed by atoms with Gasteiger partial charge in [-0.1, -0.05) is 20.8 Å². The molecule has 1 heterocycles. The molecule has 6 heteroatoms. The zero-order chi connectivity index (χ0) is 16.2. The molecule has 0 saturated carbocycles. The van der Waals surface area contributed by atoms with Gasteiger partial charge in [0.25, 0.3) is 0 Å². The van der Waals surface area contributed by atoms with Crippen molar-refractivity contribution in [3.05, 3.63) is 22.8 Å². The summed E-state index contributed by atoms with van der Waals surface area (Å²) < 4.78 is 36.8. The molecule has 0 aliphatic carbocycles. The van der Waals surface area contributed by atoms with Crippen LogP contribution in [-0.2, 0) is 6.42 Å². The molecule has 0 aliphatic heterocycles. The predicted molar refractivity (Wildman–Crippen MR) is 77.4 cm³/mol. The minimum Gasteiger partial charge on any atom is -0.314 e. The fourth-order valence-corrected chi connectivity index (χ4v) is 2.39. The van der Waals surface area contributed by atoms with Gasteiger partial charge in [-0.25, -0.2) is 9.97 Å². The summed E-state index contributed by atoms with van der Waals surface area (Å²) in [6.45, 7) is 10.7. The van der Waals surface area contributed by atoms with Crippen LogP contribution in [0.15, 0.2) is 0 Å². The van der Waals surface area contributed by atoms with E-state index < -0.39 is 12.6 Å². The van der Waals surface area contributed by atoms with Crippen LogP contribution in [0.25, 0.3) is 0 Å². The molecular formula is C15H24F3N3. The van der Waals surface area contributed by atoms with E-state index in [1.54, 1.807) is 0 Å². The first-order valence-corrected chi connectivity index (χ1v) is 7.24. The molecule has 0 aromatic carbocycles. The number of halogens is 3. The van der Waals surface area contributed by atoms with Gasteiger partial charge in [-0.2, -0.15) is 13.2 Å². The predicted octanol–water partition coefficient (Wildman–Crippen LogP) is 3.69. The van der Waals surface area contributed by atoms with E-state index in [0.717, 1.165) is 23.5 Å². The summed E-state index contributed by atoms with van der Waals surface area (Å²) >= 11 is 0. The third-order valence-corrected chi connectivity index (χ3v) is 3.33. The molecule has 120 valence electrons. The van der Waals surface area contributed by atoms with Crippen LogP contribution in [0.5, 0.6) is 0 Å². The molecule has 1 atom stereocenters. The summed E-state index contributed by atoms with van der Waals surface area (Å²) in [6.07, 6.45) is -5.21. The summed E-state index contributed by atoms with van der Waals surface area (Å²) in [5.41, 5.74) is 2.58. The molecule has 0 radical (unpaired) electrons. The fraction of sp³-hybridized carbons (Fsp3) is 0.733. The highest BCUT2D eigenvalue weighted by Crippen LogP contribution is 2.24. The second-order valence-corrected chi connectivity index (χ2v) is 5.80. The van der Waals surface area contributed by atoms with Crippen LogP contribution in [-0.4, -0.2) is 28.7 Å². The fourth-order valence-electron chi connectivity index (χ4n) is 2.39. The number of nitrogens with one attached hydrogen (secondary N) is 1. The average Bonchev–Trinajstić information content (AvgIpc) is 2.32. The summed E-state index contributed by atoms with van der Waals surface area (Å²) in [6, 6.07) is 0.389. The van der Waals surface area contributed by atoms with Crippen molar-refractivity contribution < 1.29 is 13.2 Å². The highest BCUT2D eigenvalue weighted by molar-refractivity contribution is 5.28. The molecule has 1 unspecified atom stereocenters. The number of alkyl halides is 3. The normalized spacial score (nSPS) is 13.8. The Balaban J connectivity index is 2.84. The maximum Gasteiger partial charge on any atom is 0.389 e. The van der Waals surface area contributed by atoms with E-state index in [2.05, 4.69) is 36.1 Å². The Kier molecular flexibility index (Phi) is 6.13. The summed E-state index contributed by atoms with van der Waals surface area (Å²) in [5.74, 6) is 0.499. The number of hydrogen-bond donors (Lipinski definition) is 1. The molecule has 0 spiro atoms. The molecule has 0 aliphatic rings. The monoisotopic (exact) mass is 303 g/mol. The third-order valence-electron chi connectivity index (χ3n) is 3.33. The number of hydrogen-bond acceptors (Lipinski definition) is 3. The standard InChI is InChI=1S/C15H24F3N3/c1-9(2)19-8-10(3)14-11(4)20-13(21-12(14)5)6-7-15(16,17)18/h9-10,19H,6-8H2,1-5H3. The molecular weight excluding hydrogens is 279 g/mol. The average molecular weight is 303 g/mol. The van der Waals surface area contributed by atoms with Crippen LogP contribution in [0.1, 0.15) is 55.9 Å². The van der Waals surface area contributed by atoms with Crippen molar-refractivity contribution in [1.82, 2.24) is 15.3 Å². The van der Waals surface area contributed by atoms with Gasteiger partial charge in [0.1, 0.15) is 5.82 Å². The van der Waals surface area contributed by atoms with Crippen molar-refractivity contribution in [3.8, 4) is 0 Å². The van der Waals surface area contributed by atoms with Crippen molar-refractivity contribution >= 4 is 0 Å². The first kappa shape index (κ1) is 17.9. The van der Waals surface area contributed by atoms with Crippen LogP contribution in [0.3, 0.4) is 0 Å². The Hall–Kier alpha value is -1.17. The minimum absolute atomic E-state index is 0.163. The Morgan fingerprint density at radius 3 is 2.00 bits per heavy atom. The second kappa shape index (κ2) is 7.20. The lowest BCUT2D eigenvalue weighted by atomic mass is 9.97. The Morgan fingerprint density at radius 2 is 1.57 bits per heavy atom. The smallest absolute Gasteiger partial charge is 0.314 e. The van der Waals surface area contributed by atoms with E-state index in [9.17, 15) is 13.2 Å². The molecule has 0 saturated heterocycles. The van der Waals surface area contributed by atoms with Gasteiger partial charge in [-0.15, -0.1) is 0 Å². The highest BCUT2D eigenvalue weighted by Gasteiger charge is 2.27. The lowest BCUT2D eigenvalue weighted by Crippen LogP contribution is -2.28. The third kappa shape index (κ3) is 5.99. The maximum atomic E-state index is 12.3. The van der Waals surface area contributed by atoms with Crippen LogP contribution >= 0.6 is 0 Å². The van der Waals surface area contributed by atoms with Crippen LogP contribution in [0, 0.1) is 13.8 Å². The zero-order valence-electron chi connectivity index (χ0n) is 13.3. The van der Waals surface area contributed by atoms with Crippen molar-refractivity contribution in [2.75, 3.05) is 6.54 Å². The van der Waals surface area contributed by atoms with Gasteiger partial charge in [0.15, 0.2) is 0 Å².